The van der Waals surface area contributed by atoms with E-state index < -0.39 is 0 Å². The summed E-state index contributed by atoms with van der Waals surface area (Å²) in [7, 11) is 0. The second-order valence-electron chi connectivity index (χ2n) is 3.64. The molecule has 0 radical (unpaired) electrons. The molecule has 0 saturated heterocycles. The smallest absolute Gasteiger partial charge is 0.212 e. The van der Waals surface area contributed by atoms with Crippen LogP contribution in [0.2, 0.25) is 5.15 Å². The fraction of sp³-hybridized carbons (Fsp3) is 0.250. The summed E-state index contributed by atoms with van der Waals surface area (Å²) >= 11 is 5.68. The molecular weight excluding hydrogens is 238 g/mol. The van der Waals surface area contributed by atoms with Crippen molar-refractivity contribution in [3.05, 3.63) is 47.0 Å². The van der Waals surface area contributed by atoms with Gasteiger partial charge < -0.3 is 0 Å². The van der Waals surface area contributed by atoms with Crippen molar-refractivity contribution in [2.45, 2.75) is 19.9 Å². The molecular formula is C12H12ClN3O. The normalized spacial score (nSPS) is 10.5. The second-order valence-corrected chi connectivity index (χ2v) is 4.03. The molecule has 0 aliphatic rings. The topological polar surface area (TPSA) is 47.8 Å². The highest BCUT2D eigenvalue weighted by molar-refractivity contribution is 6.29. The van der Waals surface area contributed by atoms with Crippen molar-refractivity contribution in [2.75, 3.05) is 0 Å². The highest BCUT2D eigenvalue weighted by atomic mass is 35.5. The van der Waals surface area contributed by atoms with Gasteiger partial charge in [-0.05, 0) is 24.6 Å². The summed E-state index contributed by atoms with van der Waals surface area (Å²) in [4.78, 5) is 16.1. The number of nitrogens with zero attached hydrogens (tertiary/aromatic N) is 3. The maximum Gasteiger partial charge on any atom is 0.212 e. The van der Waals surface area contributed by atoms with Crippen LogP contribution in [0.3, 0.4) is 0 Å². The largest absolute Gasteiger partial charge is 0.287 e. The third kappa shape index (κ3) is 2.53. The summed E-state index contributed by atoms with van der Waals surface area (Å²) < 4.78 is 1.71. The number of hydrogen-bond acceptors (Lipinski definition) is 3. The van der Waals surface area contributed by atoms with Crippen molar-refractivity contribution in [3.63, 3.8) is 0 Å². The van der Waals surface area contributed by atoms with Crippen LogP contribution in [0.25, 0.3) is 0 Å². The molecule has 0 saturated carbocycles. The summed E-state index contributed by atoms with van der Waals surface area (Å²) in [6.07, 6.45) is 4.04. The average molecular weight is 250 g/mol. The van der Waals surface area contributed by atoms with Crippen LogP contribution < -0.4 is 0 Å². The van der Waals surface area contributed by atoms with Gasteiger partial charge in [0.15, 0.2) is 0 Å². The number of halogens is 1. The minimum absolute atomic E-state index is 0.0832. The number of hydrogen-bond donors (Lipinski definition) is 0. The van der Waals surface area contributed by atoms with Gasteiger partial charge in [-0.3, -0.25) is 9.48 Å². The molecule has 0 N–H and O–H groups in total. The third-order valence-electron chi connectivity index (χ3n) is 2.37. The Kier molecular flexibility index (Phi) is 3.54. The van der Waals surface area contributed by atoms with Crippen LogP contribution in [-0.2, 0) is 6.54 Å². The Balaban J connectivity index is 2.30. The van der Waals surface area contributed by atoms with Gasteiger partial charge in [0, 0.05) is 24.5 Å². The van der Waals surface area contributed by atoms with Gasteiger partial charge in [-0.25, -0.2) is 4.98 Å². The molecule has 0 amide bonds. The Bertz CT molecular complexity index is 519. The maximum atomic E-state index is 12.2. The molecule has 4 nitrogen and oxygen atoms in total. The van der Waals surface area contributed by atoms with Crippen LogP contribution in [0.15, 0.2) is 30.6 Å². The molecule has 2 heterocycles. The summed E-state index contributed by atoms with van der Waals surface area (Å²) in [6, 6.07) is 4.99. The summed E-state index contributed by atoms with van der Waals surface area (Å²) in [5.41, 5.74) is 1.10. The van der Waals surface area contributed by atoms with E-state index in [0.717, 1.165) is 13.0 Å². The lowest BCUT2D eigenvalue weighted by molar-refractivity contribution is 0.102. The van der Waals surface area contributed by atoms with Crippen LogP contribution in [0.1, 0.15) is 29.4 Å². The molecule has 0 aliphatic carbocycles. The summed E-state index contributed by atoms with van der Waals surface area (Å²) in [5, 5.41) is 4.50. The van der Waals surface area contributed by atoms with Gasteiger partial charge in [-0.1, -0.05) is 18.5 Å². The lowest BCUT2D eigenvalue weighted by Gasteiger charge is -2.04. The highest BCUT2D eigenvalue weighted by Gasteiger charge is 2.14. The van der Waals surface area contributed by atoms with Crippen molar-refractivity contribution in [1.82, 2.24) is 14.8 Å². The third-order valence-corrected chi connectivity index (χ3v) is 2.60. The maximum absolute atomic E-state index is 12.2. The first-order valence-corrected chi connectivity index (χ1v) is 5.78. The molecule has 2 rings (SSSR count). The minimum atomic E-state index is -0.0832. The average Bonchev–Trinajstić information content (AvgIpc) is 2.78. The van der Waals surface area contributed by atoms with Gasteiger partial charge in [0.05, 0.1) is 0 Å². The van der Waals surface area contributed by atoms with Crippen molar-refractivity contribution in [1.29, 1.82) is 0 Å². The lowest BCUT2D eigenvalue weighted by Crippen LogP contribution is -2.11. The van der Waals surface area contributed by atoms with E-state index >= 15 is 0 Å². The van der Waals surface area contributed by atoms with E-state index in [9.17, 15) is 4.79 Å². The molecule has 5 heteroatoms. The molecule has 17 heavy (non-hydrogen) atoms. The van der Waals surface area contributed by atoms with E-state index in [0.29, 0.717) is 16.4 Å². The van der Waals surface area contributed by atoms with E-state index in [1.165, 1.54) is 6.20 Å². The van der Waals surface area contributed by atoms with Crippen LogP contribution in [0.4, 0.5) is 0 Å². The lowest BCUT2D eigenvalue weighted by atomic mass is 10.1. The molecule has 0 bridgehead atoms. The Hall–Kier alpha value is -1.68. The first kappa shape index (κ1) is 11.8. The Morgan fingerprint density at radius 1 is 1.41 bits per heavy atom. The first-order chi connectivity index (χ1) is 8.22. The van der Waals surface area contributed by atoms with Gasteiger partial charge in [0.25, 0.3) is 0 Å². The number of carbonyl (C=O) groups is 1. The van der Waals surface area contributed by atoms with E-state index in [2.05, 4.69) is 10.1 Å². The van der Waals surface area contributed by atoms with E-state index in [1.807, 2.05) is 6.92 Å². The SMILES string of the molecule is CCCn1nccc1C(=O)c1ccc(Cl)nc1. The zero-order valence-corrected chi connectivity index (χ0v) is 10.2. The predicted octanol–water partition coefficient (Wildman–Crippen LogP) is 2.57. The van der Waals surface area contributed by atoms with Gasteiger partial charge in [0.1, 0.15) is 10.8 Å². The highest BCUT2D eigenvalue weighted by Crippen LogP contribution is 2.11. The van der Waals surface area contributed by atoms with Gasteiger partial charge in [-0.2, -0.15) is 5.10 Å². The molecule has 0 aliphatic heterocycles. The number of ketones is 1. The van der Waals surface area contributed by atoms with E-state index in [-0.39, 0.29) is 5.78 Å². The molecule has 88 valence electrons. The van der Waals surface area contributed by atoms with Gasteiger partial charge in [0.2, 0.25) is 5.78 Å². The van der Waals surface area contributed by atoms with Crippen molar-refractivity contribution >= 4 is 17.4 Å². The Morgan fingerprint density at radius 2 is 2.24 bits per heavy atom. The minimum Gasteiger partial charge on any atom is -0.287 e. The number of rotatable bonds is 4. The number of carbonyl (C=O) groups excluding carboxylic acids is 1. The Labute approximate surface area is 104 Å². The molecule has 0 fully saturated rings. The van der Waals surface area contributed by atoms with Gasteiger partial charge >= 0.3 is 0 Å². The monoisotopic (exact) mass is 249 g/mol. The summed E-state index contributed by atoms with van der Waals surface area (Å²) in [5.74, 6) is -0.0832. The molecule has 0 spiro atoms. The number of aryl methyl sites for hydroxylation is 1. The summed E-state index contributed by atoms with van der Waals surface area (Å²) in [6.45, 7) is 2.77. The standard InChI is InChI=1S/C12H12ClN3O/c1-2-7-16-10(5-6-15-16)12(17)9-3-4-11(13)14-8-9/h3-6,8H,2,7H2,1H3. The first-order valence-electron chi connectivity index (χ1n) is 5.40. The Morgan fingerprint density at radius 3 is 2.88 bits per heavy atom. The molecule has 0 unspecified atom stereocenters. The zero-order valence-electron chi connectivity index (χ0n) is 9.43. The quantitative estimate of drug-likeness (QED) is 0.618. The zero-order chi connectivity index (χ0) is 12.3. The number of pyridine rings is 1. The van der Waals surface area contributed by atoms with Crippen LogP contribution >= 0.6 is 11.6 Å². The van der Waals surface area contributed by atoms with Crippen LogP contribution in [0, 0.1) is 0 Å². The molecule has 2 aromatic rings. The molecule has 0 aromatic carbocycles. The number of aromatic nitrogens is 3. The van der Waals surface area contributed by atoms with Crippen molar-refractivity contribution < 1.29 is 4.79 Å². The van der Waals surface area contributed by atoms with Crippen LogP contribution in [0.5, 0.6) is 0 Å². The van der Waals surface area contributed by atoms with Gasteiger partial charge in [-0.15, -0.1) is 0 Å². The second kappa shape index (κ2) is 5.10. The van der Waals surface area contributed by atoms with E-state index in [1.54, 1.807) is 29.1 Å². The molecule has 0 atom stereocenters. The fourth-order valence-corrected chi connectivity index (χ4v) is 1.69. The van der Waals surface area contributed by atoms with Crippen molar-refractivity contribution in [3.8, 4) is 0 Å². The predicted molar refractivity (Wildman–Crippen MR) is 65.2 cm³/mol. The van der Waals surface area contributed by atoms with E-state index in [4.69, 9.17) is 11.6 Å². The fourth-order valence-electron chi connectivity index (χ4n) is 1.57. The molecule has 2 aromatic heterocycles. The van der Waals surface area contributed by atoms with Crippen LogP contribution in [-0.4, -0.2) is 20.5 Å². The van der Waals surface area contributed by atoms with Crippen molar-refractivity contribution in [2.24, 2.45) is 0 Å².